The highest BCUT2D eigenvalue weighted by atomic mass is 16.7. The normalized spacial score (nSPS) is 15.2. The Balaban J connectivity index is 1.60. The molecule has 0 saturated carbocycles. The van der Waals surface area contributed by atoms with Crippen LogP contribution >= 0.6 is 0 Å². The quantitative estimate of drug-likeness (QED) is 0.118. The van der Waals surface area contributed by atoms with E-state index in [2.05, 4.69) is 38.2 Å². The van der Waals surface area contributed by atoms with Crippen molar-refractivity contribution >= 4 is 5.91 Å². The fourth-order valence-corrected chi connectivity index (χ4v) is 5.48. The van der Waals surface area contributed by atoms with Crippen LogP contribution in [-0.4, -0.2) is 48.8 Å². The second kappa shape index (κ2) is 19.4. The van der Waals surface area contributed by atoms with Gasteiger partial charge in [-0.25, -0.2) is 0 Å². The van der Waals surface area contributed by atoms with Crippen LogP contribution in [0.4, 0.5) is 0 Å². The fourth-order valence-electron chi connectivity index (χ4n) is 5.48. The summed E-state index contributed by atoms with van der Waals surface area (Å²) in [5, 5.41) is 3.14. The lowest BCUT2D eigenvalue weighted by molar-refractivity contribution is -0.903. The Bertz CT molecular complexity index is 812. The number of hydrogen-bond acceptors (Lipinski definition) is 4. The first kappa shape index (κ1) is 33.5. The van der Waals surface area contributed by atoms with Gasteiger partial charge in [-0.1, -0.05) is 90.9 Å². The van der Waals surface area contributed by atoms with Gasteiger partial charge in [-0.15, -0.1) is 0 Å². The third-order valence-electron chi connectivity index (χ3n) is 7.98. The van der Waals surface area contributed by atoms with Gasteiger partial charge in [0.25, 0.3) is 0 Å². The van der Waals surface area contributed by atoms with Gasteiger partial charge in [-0.2, -0.15) is 0 Å². The van der Waals surface area contributed by atoms with Crippen molar-refractivity contribution in [2.45, 2.75) is 149 Å². The number of rotatable bonds is 22. The second-order valence-electron chi connectivity index (χ2n) is 12.3. The van der Waals surface area contributed by atoms with E-state index in [0.717, 1.165) is 66.8 Å². The van der Waals surface area contributed by atoms with E-state index in [1.54, 1.807) is 0 Å². The Labute approximate surface area is 240 Å². The summed E-state index contributed by atoms with van der Waals surface area (Å²) in [6, 6.07) is 0. The summed E-state index contributed by atoms with van der Waals surface area (Å²) < 4.78 is 13.1. The lowest BCUT2D eigenvalue weighted by atomic mass is 10.1. The van der Waals surface area contributed by atoms with Crippen LogP contribution in [-0.2, 0) is 22.7 Å². The molecule has 2 heterocycles. The number of pyridine rings is 1. The molecule has 0 bridgehead atoms. The van der Waals surface area contributed by atoms with Crippen LogP contribution in [0.15, 0.2) is 6.20 Å². The van der Waals surface area contributed by atoms with Crippen LogP contribution in [0.25, 0.3) is 0 Å². The Morgan fingerprint density at radius 3 is 2.21 bits per heavy atom. The van der Waals surface area contributed by atoms with Gasteiger partial charge in [-0.3, -0.25) is 9.78 Å². The number of fused-ring (bicyclic) bond motifs is 1. The molecule has 1 amide bonds. The molecular weight excluding hydrogens is 486 g/mol. The molecule has 1 aromatic heterocycles. The molecular formula is C33H60N3O3+. The number of amides is 1. The van der Waals surface area contributed by atoms with Gasteiger partial charge in [0.2, 0.25) is 5.91 Å². The summed E-state index contributed by atoms with van der Waals surface area (Å²) in [7, 11) is 4.49. The van der Waals surface area contributed by atoms with Gasteiger partial charge in [0, 0.05) is 43.1 Å². The maximum atomic E-state index is 12.3. The smallest absolute Gasteiger partial charge is 0.219 e. The SMILES string of the molecule is CCCCCCCCCCCCCC(=O)NCCC[N+](C)(C)Cc1cnc(C)c2c1COC(CCCCC)O2. The minimum atomic E-state index is -0.156. The average molecular weight is 547 g/mol. The number of quaternary nitrogens is 1. The molecule has 6 nitrogen and oxygen atoms in total. The molecule has 0 aliphatic carbocycles. The zero-order chi connectivity index (χ0) is 28.3. The largest absolute Gasteiger partial charge is 0.463 e. The van der Waals surface area contributed by atoms with Crippen molar-refractivity contribution in [2.24, 2.45) is 0 Å². The first-order valence-corrected chi connectivity index (χ1v) is 16.2. The standard InChI is InChI=1S/C33H59N3O3/c1-6-8-10-11-12-13-14-15-16-17-19-21-31(37)34-23-20-24-36(4,5)26-29-25-35-28(3)33-30(29)27-38-32(39-33)22-18-9-7-2/h25,32H,6-24,26-27H2,1-5H3/p+1. The first-order chi connectivity index (χ1) is 18.9. The molecule has 0 fully saturated rings. The van der Waals surface area contributed by atoms with Crippen molar-refractivity contribution in [1.29, 1.82) is 0 Å². The number of ether oxygens (including phenoxy) is 2. The molecule has 0 aromatic carbocycles. The van der Waals surface area contributed by atoms with Crippen LogP contribution in [0.5, 0.6) is 5.75 Å². The number of unbranched alkanes of at least 4 members (excludes halogenated alkanes) is 12. The molecule has 224 valence electrons. The predicted molar refractivity (Wildman–Crippen MR) is 162 cm³/mol. The van der Waals surface area contributed by atoms with E-state index >= 15 is 0 Å². The van der Waals surface area contributed by atoms with Gasteiger partial charge >= 0.3 is 0 Å². The van der Waals surface area contributed by atoms with Crippen LogP contribution < -0.4 is 10.1 Å². The number of nitrogens with one attached hydrogen (secondary N) is 1. The molecule has 2 rings (SSSR count). The summed E-state index contributed by atoms with van der Waals surface area (Å²) in [4.78, 5) is 16.9. The zero-order valence-corrected chi connectivity index (χ0v) is 26.1. The molecule has 1 aromatic rings. The van der Waals surface area contributed by atoms with E-state index in [0.29, 0.717) is 13.0 Å². The maximum Gasteiger partial charge on any atom is 0.219 e. The third-order valence-corrected chi connectivity index (χ3v) is 7.98. The molecule has 0 saturated heterocycles. The van der Waals surface area contributed by atoms with E-state index in [1.807, 2.05) is 13.1 Å². The monoisotopic (exact) mass is 546 g/mol. The van der Waals surface area contributed by atoms with Crippen molar-refractivity contribution in [3.8, 4) is 5.75 Å². The Morgan fingerprint density at radius 2 is 1.54 bits per heavy atom. The molecule has 6 heteroatoms. The van der Waals surface area contributed by atoms with E-state index < -0.39 is 0 Å². The number of carbonyl (C=O) groups excluding carboxylic acids is 1. The fraction of sp³-hybridized carbons (Fsp3) is 0.818. The first-order valence-electron chi connectivity index (χ1n) is 16.2. The van der Waals surface area contributed by atoms with Crippen LogP contribution in [0.3, 0.4) is 0 Å². The van der Waals surface area contributed by atoms with Crippen LogP contribution in [0, 0.1) is 6.92 Å². The number of nitrogens with zero attached hydrogens (tertiary/aromatic N) is 2. The van der Waals surface area contributed by atoms with Crippen molar-refractivity contribution in [1.82, 2.24) is 10.3 Å². The highest BCUT2D eigenvalue weighted by Gasteiger charge is 2.27. The van der Waals surface area contributed by atoms with Gasteiger partial charge in [0.05, 0.1) is 32.9 Å². The van der Waals surface area contributed by atoms with Crippen molar-refractivity contribution < 1.29 is 18.8 Å². The molecule has 1 aliphatic rings. The maximum absolute atomic E-state index is 12.3. The topological polar surface area (TPSA) is 60.5 Å². The molecule has 39 heavy (non-hydrogen) atoms. The van der Waals surface area contributed by atoms with Crippen LogP contribution in [0.1, 0.15) is 140 Å². The summed E-state index contributed by atoms with van der Waals surface area (Å²) in [5.41, 5.74) is 3.30. The Kier molecular flexibility index (Phi) is 16.7. The molecule has 1 unspecified atom stereocenters. The van der Waals surface area contributed by atoms with E-state index in [9.17, 15) is 4.79 Å². The highest BCUT2D eigenvalue weighted by molar-refractivity contribution is 5.75. The molecule has 1 aliphatic heterocycles. The van der Waals surface area contributed by atoms with Gasteiger partial charge < -0.3 is 19.3 Å². The van der Waals surface area contributed by atoms with E-state index in [4.69, 9.17) is 9.47 Å². The number of carbonyl (C=O) groups is 1. The van der Waals surface area contributed by atoms with Crippen LogP contribution in [0.2, 0.25) is 0 Å². The minimum Gasteiger partial charge on any atom is -0.463 e. The Hall–Kier alpha value is -1.66. The van der Waals surface area contributed by atoms with Crippen molar-refractivity contribution in [2.75, 3.05) is 27.2 Å². The lowest BCUT2D eigenvalue weighted by Crippen LogP contribution is -2.41. The third kappa shape index (κ3) is 14.0. The van der Waals surface area contributed by atoms with Crippen molar-refractivity contribution in [3.05, 3.63) is 23.0 Å². The number of aryl methyl sites for hydroxylation is 1. The van der Waals surface area contributed by atoms with Gasteiger partial charge in [0.1, 0.15) is 12.3 Å². The summed E-state index contributed by atoms with van der Waals surface area (Å²) >= 11 is 0. The molecule has 0 spiro atoms. The number of hydrogen-bond donors (Lipinski definition) is 1. The van der Waals surface area contributed by atoms with Gasteiger partial charge in [-0.05, 0) is 19.8 Å². The lowest BCUT2D eigenvalue weighted by Gasteiger charge is -2.33. The zero-order valence-electron chi connectivity index (χ0n) is 26.1. The Morgan fingerprint density at radius 1 is 0.923 bits per heavy atom. The summed E-state index contributed by atoms with van der Waals surface area (Å²) in [6.07, 6.45) is 22.3. The highest BCUT2D eigenvalue weighted by Crippen LogP contribution is 2.33. The minimum absolute atomic E-state index is 0.156. The van der Waals surface area contributed by atoms with E-state index in [-0.39, 0.29) is 12.2 Å². The number of aromatic nitrogens is 1. The summed E-state index contributed by atoms with van der Waals surface area (Å²) in [5.74, 6) is 1.13. The molecule has 1 atom stereocenters. The van der Waals surface area contributed by atoms with Gasteiger partial charge in [0.15, 0.2) is 6.29 Å². The molecule has 0 radical (unpaired) electrons. The average Bonchev–Trinajstić information content (AvgIpc) is 2.91. The molecule has 1 N–H and O–H groups in total. The summed E-state index contributed by atoms with van der Waals surface area (Å²) in [6.45, 7) is 9.71. The predicted octanol–water partition coefficient (Wildman–Crippen LogP) is 7.99. The van der Waals surface area contributed by atoms with E-state index in [1.165, 1.54) is 82.6 Å². The second-order valence-corrected chi connectivity index (χ2v) is 12.3. The van der Waals surface area contributed by atoms with Crippen molar-refractivity contribution in [3.63, 3.8) is 0 Å².